The molecule has 0 saturated heterocycles. The van der Waals surface area contributed by atoms with Gasteiger partial charge in [0, 0.05) is 19.2 Å². The minimum atomic E-state index is -4.50. The number of anilines is 2. The number of amides is 1. The Balaban J connectivity index is 2.35. The fourth-order valence-corrected chi connectivity index (χ4v) is 2.74. The molecular formula is C19H23F3N4O. The number of benzene rings is 1. The molecule has 0 radical (unpaired) electrons. The highest BCUT2D eigenvalue weighted by Gasteiger charge is 2.33. The minimum Gasteiger partial charge on any atom is -0.340 e. The summed E-state index contributed by atoms with van der Waals surface area (Å²) in [5, 5.41) is 2.68. The number of carbonyl (C=O) groups excluding carboxylic acids is 1. The van der Waals surface area contributed by atoms with Crippen molar-refractivity contribution < 1.29 is 18.0 Å². The van der Waals surface area contributed by atoms with Gasteiger partial charge in [-0.2, -0.15) is 13.2 Å². The number of alkyl halides is 3. The van der Waals surface area contributed by atoms with E-state index in [4.69, 9.17) is 0 Å². The van der Waals surface area contributed by atoms with Crippen LogP contribution in [0, 0.1) is 6.92 Å². The number of rotatable bonds is 7. The summed E-state index contributed by atoms with van der Waals surface area (Å²) in [4.78, 5) is 22.7. The molecule has 0 aliphatic rings. The van der Waals surface area contributed by atoms with E-state index >= 15 is 0 Å². The van der Waals surface area contributed by atoms with Crippen LogP contribution in [0.4, 0.5) is 24.7 Å². The van der Waals surface area contributed by atoms with Crippen molar-refractivity contribution in [3.8, 4) is 0 Å². The Labute approximate surface area is 156 Å². The first-order chi connectivity index (χ1) is 12.8. The minimum absolute atomic E-state index is 0.125. The summed E-state index contributed by atoms with van der Waals surface area (Å²) >= 11 is 0. The van der Waals surface area contributed by atoms with Crippen LogP contribution < -0.4 is 5.32 Å². The van der Waals surface area contributed by atoms with Gasteiger partial charge in [-0.3, -0.25) is 4.79 Å². The highest BCUT2D eigenvalue weighted by molar-refractivity contribution is 5.93. The highest BCUT2D eigenvalue weighted by Crippen LogP contribution is 2.35. The lowest BCUT2D eigenvalue weighted by Gasteiger charge is -2.21. The fourth-order valence-electron chi connectivity index (χ4n) is 2.74. The summed E-state index contributed by atoms with van der Waals surface area (Å²) in [6.07, 6.45) is -2.89. The molecule has 1 aromatic carbocycles. The van der Waals surface area contributed by atoms with Gasteiger partial charge in [0.1, 0.15) is 17.3 Å². The first kappa shape index (κ1) is 20.7. The zero-order chi connectivity index (χ0) is 20.0. The molecule has 2 rings (SSSR count). The number of halogens is 3. The van der Waals surface area contributed by atoms with Crippen molar-refractivity contribution in [2.75, 3.05) is 18.4 Å². The lowest BCUT2D eigenvalue weighted by Crippen LogP contribution is -2.33. The van der Waals surface area contributed by atoms with E-state index in [1.807, 2.05) is 13.8 Å². The lowest BCUT2D eigenvalue weighted by atomic mass is 10.1. The van der Waals surface area contributed by atoms with Crippen molar-refractivity contribution in [2.24, 2.45) is 0 Å². The molecule has 0 spiro atoms. The predicted octanol–water partition coefficient (Wildman–Crippen LogP) is 4.81. The maximum absolute atomic E-state index is 13.2. The third kappa shape index (κ3) is 5.42. The first-order valence-corrected chi connectivity index (χ1v) is 8.84. The van der Waals surface area contributed by atoms with Crippen LogP contribution in [0.5, 0.6) is 0 Å². The van der Waals surface area contributed by atoms with Crippen LogP contribution in [-0.2, 0) is 6.18 Å². The van der Waals surface area contributed by atoms with Crippen molar-refractivity contribution in [2.45, 2.75) is 39.8 Å². The maximum atomic E-state index is 13.2. The van der Waals surface area contributed by atoms with Gasteiger partial charge in [0.25, 0.3) is 5.91 Å². The number of nitrogens with zero attached hydrogens (tertiary/aromatic N) is 3. The molecule has 5 nitrogen and oxygen atoms in total. The van der Waals surface area contributed by atoms with E-state index in [0.717, 1.165) is 18.9 Å². The second-order valence-electron chi connectivity index (χ2n) is 6.15. The Kier molecular flexibility index (Phi) is 6.76. The molecule has 0 aliphatic carbocycles. The Bertz CT molecular complexity index is 787. The predicted molar refractivity (Wildman–Crippen MR) is 98.0 cm³/mol. The summed E-state index contributed by atoms with van der Waals surface area (Å²) in [5.41, 5.74) is -0.760. The Hall–Kier alpha value is -2.64. The quantitative estimate of drug-likeness (QED) is 0.749. The average Bonchev–Trinajstić information content (AvgIpc) is 2.60. The maximum Gasteiger partial charge on any atom is 0.418 e. The van der Waals surface area contributed by atoms with Gasteiger partial charge < -0.3 is 10.2 Å². The number of aromatic nitrogens is 2. The molecule has 0 aliphatic heterocycles. The van der Waals surface area contributed by atoms with E-state index in [1.165, 1.54) is 24.3 Å². The molecule has 0 unspecified atom stereocenters. The molecule has 0 fully saturated rings. The van der Waals surface area contributed by atoms with Gasteiger partial charge >= 0.3 is 6.18 Å². The molecule has 2 aromatic rings. The smallest absolute Gasteiger partial charge is 0.340 e. The fraction of sp³-hybridized carbons (Fsp3) is 0.421. The monoisotopic (exact) mass is 380 g/mol. The SMILES string of the molecule is CCCN(CCC)C(=O)c1cc(Nc2ccccc2C(F)(F)F)nc(C)n1. The van der Waals surface area contributed by atoms with Crippen LogP contribution in [0.3, 0.4) is 0 Å². The first-order valence-electron chi connectivity index (χ1n) is 8.84. The van der Waals surface area contributed by atoms with Crippen LogP contribution in [0.2, 0.25) is 0 Å². The summed E-state index contributed by atoms with van der Waals surface area (Å²) in [6.45, 7) is 6.73. The standard InChI is InChI=1S/C19H23F3N4O/c1-4-10-26(11-5-2)18(27)16-12-17(24-13(3)23-16)25-15-9-7-6-8-14(15)19(20,21)22/h6-9,12H,4-5,10-11H2,1-3H3,(H,23,24,25). The molecule has 0 bridgehead atoms. The van der Waals surface area contributed by atoms with E-state index < -0.39 is 11.7 Å². The lowest BCUT2D eigenvalue weighted by molar-refractivity contribution is -0.136. The summed E-state index contributed by atoms with van der Waals surface area (Å²) < 4.78 is 39.5. The van der Waals surface area contributed by atoms with E-state index in [2.05, 4.69) is 15.3 Å². The largest absolute Gasteiger partial charge is 0.418 e. The molecule has 0 atom stereocenters. The molecule has 8 heteroatoms. The Morgan fingerprint density at radius 3 is 2.33 bits per heavy atom. The van der Waals surface area contributed by atoms with Crippen molar-refractivity contribution >= 4 is 17.4 Å². The number of para-hydroxylation sites is 1. The molecule has 27 heavy (non-hydrogen) atoms. The van der Waals surface area contributed by atoms with Crippen molar-refractivity contribution in [1.82, 2.24) is 14.9 Å². The number of hydrogen-bond acceptors (Lipinski definition) is 4. The van der Waals surface area contributed by atoms with Gasteiger partial charge in [-0.1, -0.05) is 26.0 Å². The van der Waals surface area contributed by atoms with Gasteiger partial charge in [0.05, 0.1) is 11.3 Å². The van der Waals surface area contributed by atoms with Crippen LogP contribution in [0.25, 0.3) is 0 Å². The second kappa shape index (κ2) is 8.83. The Morgan fingerprint density at radius 1 is 1.11 bits per heavy atom. The Morgan fingerprint density at radius 2 is 1.74 bits per heavy atom. The van der Waals surface area contributed by atoms with Crippen LogP contribution in [-0.4, -0.2) is 33.9 Å². The van der Waals surface area contributed by atoms with Gasteiger partial charge in [0.15, 0.2) is 0 Å². The van der Waals surface area contributed by atoms with Crippen molar-refractivity contribution in [3.63, 3.8) is 0 Å². The van der Waals surface area contributed by atoms with Crippen LogP contribution >= 0.6 is 0 Å². The normalized spacial score (nSPS) is 11.3. The summed E-state index contributed by atoms with van der Waals surface area (Å²) in [7, 11) is 0. The molecule has 0 saturated carbocycles. The van der Waals surface area contributed by atoms with Gasteiger partial charge in [-0.15, -0.1) is 0 Å². The molecule has 1 amide bonds. The van der Waals surface area contributed by atoms with E-state index in [-0.39, 0.29) is 23.1 Å². The summed E-state index contributed by atoms with van der Waals surface area (Å²) in [5.74, 6) is 0.202. The second-order valence-corrected chi connectivity index (χ2v) is 6.15. The van der Waals surface area contributed by atoms with Crippen LogP contribution in [0.15, 0.2) is 30.3 Å². The molecule has 1 heterocycles. The molecule has 1 N–H and O–H groups in total. The number of nitrogens with one attached hydrogen (secondary N) is 1. The van der Waals surface area contributed by atoms with E-state index in [1.54, 1.807) is 11.8 Å². The van der Waals surface area contributed by atoms with Gasteiger partial charge in [-0.25, -0.2) is 9.97 Å². The van der Waals surface area contributed by atoms with Crippen molar-refractivity contribution in [1.29, 1.82) is 0 Å². The number of hydrogen-bond donors (Lipinski definition) is 1. The number of aryl methyl sites for hydroxylation is 1. The number of carbonyl (C=O) groups is 1. The van der Waals surface area contributed by atoms with Gasteiger partial charge in [-0.05, 0) is 31.9 Å². The average molecular weight is 380 g/mol. The van der Waals surface area contributed by atoms with Crippen molar-refractivity contribution in [3.05, 3.63) is 47.4 Å². The third-order valence-corrected chi connectivity index (χ3v) is 3.83. The van der Waals surface area contributed by atoms with Gasteiger partial charge in [0.2, 0.25) is 0 Å². The highest BCUT2D eigenvalue weighted by atomic mass is 19.4. The summed E-state index contributed by atoms with van der Waals surface area (Å²) in [6, 6.07) is 6.53. The molecule has 146 valence electrons. The van der Waals surface area contributed by atoms with E-state index in [0.29, 0.717) is 18.9 Å². The zero-order valence-electron chi connectivity index (χ0n) is 15.6. The molecular weight excluding hydrogens is 357 g/mol. The van der Waals surface area contributed by atoms with E-state index in [9.17, 15) is 18.0 Å². The third-order valence-electron chi connectivity index (χ3n) is 3.83. The topological polar surface area (TPSA) is 58.1 Å². The molecule has 1 aromatic heterocycles. The van der Waals surface area contributed by atoms with Crippen LogP contribution in [0.1, 0.15) is 48.6 Å². The zero-order valence-corrected chi connectivity index (χ0v) is 15.6.